The summed E-state index contributed by atoms with van der Waals surface area (Å²) in [6, 6.07) is 8.77. The standard InChI is InChI=1S/C17H12N2O5S/c20-10-3-4-13-12(8-10)15(25(23,24)19-13)7-9-6-14(21)17(22)16-11(9)2-1-5-18-16/h1-8,19-22H. The lowest BCUT2D eigenvalue weighted by Crippen LogP contribution is -2.05. The van der Waals surface area contributed by atoms with E-state index in [-0.39, 0.29) is 21.9 Å². The van der Waals surface area contributed by atoms with Gasteiger partial charge in [0.05, 0.1) is 10.6 Å². The molecule has 0 saturated carbocycles. The first kappa shape index (κ1) is 15.3. The van der Waals surface area contributed by atoms with Crippen molar-refractivity contribution in [2.24, 2.45) is 0 Å². The van der Waals surface area contributed by atoms with Crippen LogP contribution < -0.4 is 4.72 Å². The average molecular weight is 356 g/mol. The second-order valence-corrected chi connectivity index (χ2v) is 7.23. The maximum Gasteiger partial charge on any atom is 0.262 e. The fourth-order valence-corrected chi connectivity index (χ4v) is 4.15. The van der Waals surface area contributed by atoms with E-state index in [4.69, 9.17) is 0 Å². The number of aromatic nitrogens is 1. The third-order valence-electron chi connectivity index (χ3n) is 3.97. The molecule has 3 aromatic rings. The molecule has 0 amide bonds. The van der Waals surface area contributed by atoms with Crippen LogP contribution in [0.4, 0.5) is 5.69 Å². The molecule has 4 rings (SSSR count). The van der Waals surface area contributed by atoms with Crippen molar-refractivity contribution >= 4 is 37.6 Å². The summed E-state index contributed by atoms with van der Waals surface area (Å²) in [6.45, 7) is 0. The first-order valence-corrected chi connectivity index (χ1v) is 8.73. The van der Waals surface area contributed by atoms with Crippen LogP contribution in [-0.4, -0.2) is 28.7 Å². The normalized spacial score (nSPS) is 16.7. The minimum Gasteiger partial charge on any atom is -0.508 e. The van der Waals surface area contributed by atoms with Crippen molar-refractivity contribution in [3.63, 3.8) is 0 Å². The lowest BCUT2D eigenvalue weighted by Gasteiger charge is -2.07. The van der Waals surface area contributed by atoms with Crippen molar-refractivity contribution in [2.45, 2.75) is 0 Å². The number of phenols is 3. The number of benzene rings is 2. The van der Waals surface area contributed by atoms with Gasteiger partial charge in [-0.25, -0.2) is 8.42 Å². The molecule has 1 aliphatic heterocycles. The van der Waals surface area contributed by atoms with Crippen molar-refractivity contribution < 1.29 is 23.7 Å². The highest BCUT2D eigenvalue weighted by molar-refractivity contribution is 8.02. The van der Waals surface area contributed by atoms with Gasteiger partial charge in [0.25, 0.3) is 10.0 Å². The van der Waals surface area contributed by atoms with Gasteiger partial charge in [-0.3, -0.25) is 9.71 Å². The second kappa shape index (κ2) is 5.12. The molecule has 25 heavy (non-hydrogen) atoms. The highest BCUT2D eigenvalue weighted by Crippen LogP contribution is 2.42. The molecule has 8 heteroatoms. The van der Waals surface area contributed by atoms with E-state index in [1.807, 2.05) is 0 Å². The van der Waals surface area contributed by atoms with E-state index in [1.54, 1.807) is 12.1 Å². The van der Waals surface area contributed by atoms with E-state index >= 15 is 0 Å². The summed E-state index contributed by atoms with van der Waals surface area (Å²) in [5.74, 6) is -0.843. The second-order valence-electron chi connectivity index (χ2n) is 5.58. The number of nitrogens with zero attached hydrogens (tertiary/aromatic N) is 1. The molecule has 2 heterocycles. The molecule has 0 fully saturated rings. The summed E-state index contributed by atoms with van der Waals surface area (Å²) in [5, 5.41) is 30.0. The molecule has 0 aliphatic carbocycles. The number of aromatic hydroxyl groups is 3. The van der Waals surface area contributed by atoms with Crippen molar-refractivity contribution in [1.82, 2.24) is 4.98 Å². The number of fused-ring (bicyclic) bond motifs is 2. The predicted molar refractivity (Wildman–Crippen MR) is 93.6 cm³/mol. The van der Waals surface area contributed by atoms with Gasteiger partial charge in [-0.05, 0) is 42.0 Å². The number of phenolic OH excluding ortho intramolecular Hbond substituents is 3. The SMILES string of the molecule is O=S1(=O)Nc2ccc(O)cc2C1=Cc1cc(O)c(O)c2ncccc12. The summed E-state index contributed by atoms with van der Waals surface area (Å²) >= 11 is 0. The number of anilines is 1. The molecule has 1 aliphatic rings. The molecular weight excluding hydrogens is 344 g/mol. The molecule has 0 spiro atoms. The Hall–Kier alpha value is -3.26. The number of pyridine rings is 1. The molecule has 0 saturated heterocycles. The van der Waals surface area contributed by atoms with E-state index < -0.39 is 15.8 Å². The van der Waals surface area contributed by atoms with Crippen LogP contribution in [0.25, 0.3) is 21.9 Å². The topological polar surface area (TPSA) is 120 Å². The lowest BCUT2D eigenvalue weighted by molar-refractivity contribution is 0.407. The van der Waals surface area contributed by atoms with Gasteiger partial charge in [-0.2, -0.15) is 0 Å². The van der Waals surface area contributed by atoms with Gasteiger partial charge < -0.3 is 15.3 Å². The molecule has 126 valence electrons. The molecule has 0 atom stereocenters. The summed E-state index contributed by atoms with van der Waals surface area (Å²) in [4.78, 5) is 3.98. The molecule has 0 unspecified atom stereocenters. The number of sulfonamides is 1. The van der Waals surface area contributed by atoms with Crippen LogP contribution in [0.2, 0.25) is 0 Å². The molecule has 4 N–H and O–H groups in total. The monoisotopic (exact) mass is 356 g/mol. The minimum absolute atomic E-state index is 0.0476. The highest BCUT2D eigenvalue weighted by Gasteiger charge is 2.30. The fraction of sp³-hybridized carbons (Fsp3) is 0. The van der Waals surface area contributed by atoms with E-state index in [2.05, 4.69) is 9.71 Å². The number of hydrogen-bond acceptors (Lipinski definition) is 6. The van der Waals surface area contributed by atoms with Crippen molar-refractivity contribution in [2.75, 3.05) is 4.72 Å². The van der Waals surface area contributed by atoms with Gasteiger partial charge in [-0.1, -0.05) is 6.07 Å². The van der Waals surface area contributed by atoms with Crippen LogP contribution in [0.1, 0.15) is 11.1 Å². The van der Waals surface area contributed by atoms with Crippen molar-refractivity contribution in [1.29, 1.82) is 0 Å². The number of nitrogens with one attached hydrogen (secondary N) is 1. The fourth-order valence-electron chi connectivity index (χ4n) is 2.83. The van der Waals surface area contributed by atoms with Crippen LogP contribution in [0, 0.1) is 0 Å². The smallest absolute Gasteiger partial charge is 0.262 e. The molecule has 0 bridgehead atoms. The maximum absolute atomic E-state index is 12.4. The van der Waals surface area contributed by atoms with Gasteiger partial charge in [0.1, 0.15) is 11.3 Å². The molecule has 0 radical (unpaired) electrons. The predicted octanol–water partition coefficient (Wildman–Crippen LogP) is 2.61. The Morgan fingerprint density at radius 1 is 1.08 bits per heavy atom. The zero-order chi connectivity index (χ0) is 17.8. The summed E-state index contributed by atoms with van der Waals surface area (Å²) in [5.41, 5.74) is 1.21. The van der Waals surface area contributed by atoms with Gasteiger partial charge >= 0.3 is 0 Å². The first-order chi connectivity index (χ1) is 11.9. The van der Waals surface area contributed by atoms with Crippen molar-refractivity contribution in [3.05, 3.63) is 53.7 Å². The first-order valence-electron chi connectivity index (χ1n) is 7.24. The third-order valence-corrected chi connectivity index (χ3v) is 5.37. The van der Waals surface area contributed by atoms with Crippen LogP contribution in [0.15, 0.2) is 42.6 Å². The zero-order valence-corrected chi connectivity index (χ0v) is 13.4. The third kappa shape index (κ3) is 2.34. The zero-order valence-electron chi connectivity index (χ0n) is 12.6. The van der Waals surface area contributed by atoms with Crippen LogP contribution >= 0.6 is 0 Å². The van der Waals surface area contributed by atoms with E-state index in [0.717, 1.165) is 0 Å². The van der Waals surface area contributed by atoms with Crippen LogP contribution in [0.3, 0.4) is 0 Å². The quantitative estimate of drug-likeness (QED) is 0.393. The summed E-state index contributed by atoms with van der Waals surface area (Å²) in [7, 11) is -3.82. The Labute approximate surface area is 142 Å². The van der Waals surface area contributed by atoms with Gasteiger partial charge in [0.2, 0.25) is 0 Å². The minimum atomic E-state index is -3.82. The Balaban J connectivity index is 2.03. The molecule has 1 aromatic heterocycles. The summed E-state index contributed by atoms with van der Waals surface area (Å²) < 4.78 is 27.3. The lowest BCUT2D eigenvalue weighted by atomic mass is 10.0. The number of hydrogen-bond donors (Lipinski definition) is 4. The Bertz CT molecular complexity index is 1170. The molecular formula is C17H12N2O5S. The van der Waals surface area contributed by atoms with Crippen molar-refractivity contribution in [3.8, 4) is 17.2 Å². The Morgan fingerprint density at radius 2 is 1.88 bits per heavy atom. The maximum atomic E-state index is 12.4. The highest BCUT2D eigenvalue weighted by atomic mass is 32.2. The average Bonchev–Trinajstić information content (AvgIpc) is 2.82. The Morgan fingerprint density at radius 3 is 2.68 bits per heavy atom. The van der Waals surface area contributed by atoms with Gasteiger partial charge in [0, 0.05) is 17.1 Å². The molecule has 7 nitrogen and oxygen atoms in total. The van der Waals surface area contributed by atoms with E-state index in [1.165, 1.54) is 36.5 Å². The van der Waals surface area contributed by atoms with E-state index in [9.17, 15) is 23.7 Å². The Kier molecular flexibility index (Phi) is 3.13. The van der Waals surface area contributed by atoms with Crippen LogP contribution in [0.5, 0.6) is 17.2 Å². The largest absolute Gasteiger partial charge is 0.508 e. The van der Waals surface area contributed by atoms with Gasteiger partial charge in [0.15, 0.2) is 11.5 Å². The van der Waals surface area contributed by atoms with E-state index in [0.29, 0.717) is 22.2 Å². The number of rotatable bonds is 1. The van der Waals surface area contributed by atoms with Gasteiger partial charge in [-0.15, -0.1) is 0 Å². The van der Waals surface area contributed by atoms with Crippen LogP contribution in [-0.2, 0) is 10.0 Å². The summed E-state index contributed by atoms with van der Waals surface area (Å²) in [6.07, 6.45) is 2.83. The molecule has 2 aromatic carbocycles.